The van der Waals surface area contributed by atoms with E-state index in [-0.39, 0.29) is 5.91 Å². The van der Waals surface area contributed by atoms with Gasteiger partial charge in [-0.15, -0.1) is 0 Å². The predicted octanol–water partition coefficient (Wildman–Crippen LogP) is 1.43. The third-order valence-corrected chi connectivity index (χ3v) is 3.70. The second-order valence-corrected chi connectivity index (χ2v) is 5.40. The van der Waals surface area contributed by atoms with E-state index in [2.05, 4.69) is 5.32 Å². The largest absolute Gasteiger partial charge is 0.378 e. The summed E-state index contributed by atoms with van der Waals surface area (Å²) in [6.45, 7) is 2.74. The Morgan fingerprint density at radius 2 is 2.05 bits per heavy atom. The molecule has 4 heteroatoms. The van der Waals surface area contributed by atoms with E-state index in [4.69, 9.17) is 0 Å². The minimum absolute atomic E-state index is 0.156. The van der Waals surface area contributed by atoms with E-state index in [0.29, 0.717) is 5.92 Å². The first-order chi connectivity index (χ1) is 9.11. The van der Waals surface area contributed by atoms with Crippen molar-refractivity contribution in [3.05, 3.63) is 29.8 Å². The molecule has 1 fully saturated rings. The van der Waals surface area contributed by atoms with Crippen LogP contribution in [-0.4, -0.2) is 51.6 Å². The van der Waals surface area contributed by atoms with Gasteiger partial charge in [-0.3, -0.25) is 4.79 Å². The van der Waals surface area contributed by atoms with Crippen molar-refractivity contribution in [2.24, 2.45) is 5.92 Å². The van der Waals surface area contributed by atoms with Crippen molar-refractivity contribution in [2.75, 3.05) is 45.7 Å². The van der Waals surface area contributed by atoms with Gasteiger partial charge < -0.3 is 15.1 Å². The zero-order chi connectivity index (χ0) is 13.8. The zero-order valence-corrected chi connectivity index (χ0v) is 12.0. The molecule has 1 amide bonds. The molecule has 1 saturated heterocycles. The molecule has 1 aliphatic heterocycles. The Bertz CT molecular complexity index is 428. The van der Waals surface area contributed by atoms with Crippen LogP contribution in [0.15, 0.2) is 24.3 Å². The molecule has 1 aromatic carbocycles. The molecule has 1 aliphatic rings. The minimum Gasteiger partial charge on any atom is -0.378 e. The van der Waals surface area contributed by atoms with Crippen molar-refractivity contribution >= 4 is 11.6 Å². The van der Waals surface area contributed by atoms with Gasteiger partial charge in [0.25, 0.3) is 5.91 Å². The van der Waals surface area contributed by atoms with Gasteiger partial charge in [-0.05, 0) is 50.2 Å². The summed E-state index contributed by atoms with van der Waals surface area (Å²) in [7, 11) is 5.96. The minimum atomic E-state index is 0.156. The normalized spacial score (nSPS) is 18.7. The van der Waals surface area contributed by atoms with E-state index >= 15 is 0 Å². The van der Waals surface area contributed by atoms with Crippen molar-refractivity contribution in [2.45, 2.75) is 6.42 Å². The molecule has 2 rings (SSSR count). The Hall–Kier alpha value is -1.55. The van der Waals surface area contributed by atoms with Crippen LogP contribution < -0.4 is 10.2 Å². The first kappa shape index (κ1) is 13.9. The van der Waals surface area contributed by atoms with Crippen LogP contribution in [0, 0.1) is 5.92 Å². The van der Waals surface area contributed by atoms with E-state index in [1.807, 2.05) is 55.2 Å². The number of benzene rings is 1. The van der Waals surface area contributed by atoms with Crippen LogP contribution in [0.2, 0.25) is 0 Å². The number of nitrogens with zero attached hydrogens (tertiary/aromatic N) is 2. The van der Waals surface area contributed by atoms with Gasteiger partial charge in [0.05, 0.1) is 0 Å². The molecule has 0 bridgehead atoms. The average molecular weight is 261 g/mol. The summed E-state index contributed by atoms with van der Waals surface area (Å²) in [6.07, 6.45) is 1.10. The van der Waals surface area contributed by atoms with Gasteiger partial charge in [-0.2, -0.15) is 0 Å². The fraction of sp³-hybridized carbons (Fsp3) is 0.533. The summed E-state index contributed by atoms with van der Waals surface area (Å²) in [6, 6.07) is 7.83. The van der Waals surface area contributed by atoms with Crippen LogP contribution in [0.5, 0.6) is 0 Å². The maximum Gasteiger partial charge on any atom is 0.253 e. The highest BCUT2D eigenvalue weighted by molar-refractivity contribution is 5.94. The smallest absolute Gasteiger partial charge is 0.253 e. The van der Waals surface area contributed by atoms with Crippen molar-refractivity contribution < 1.29 is 4.79 Å². The highest BCUT2D eigenvalue weighted by Gasteiger charge is 2.26. The third-order valence-electron chi connectivity index (χ3n) is 3.70. The third kappa shape index (κ3) is 3.26. The van der Waals surface area contributed by atoms with Crippen molar-refractivity contribution in [1.82, 2.24) is 10.2 Å². The lowest BCUT2D eigenvalue weighted by atomic mass is 10.1. The van der Waals surface area contributed by atoms with E-state index in [1.165, 1.54) is 0 Å². The van der Waals surface area contributed by atoms with Gasteiger partial charge in [-0.25, -0.2) is 0 Å². The number of rotatable bonds is 4. The topological polar surface area (TPSA) is 35.6 Å². The van der Waals surface area contributed by atoms with Crippen LogP contribution >= 0.6 is 0 Å². The number of nitrogens with one attached hydrogen (secondary N) is 1. The second kappa shape index (κ2) is 6.06. The number of anilines is 1. The van der Waals surface area contributed by atoms with Crippen molar-refractivity contribution in [3.63, 3.8) is 0 Å². The lowest BCUT2D eigenvalue weighted by molar-refractivity contribution is 0.0787. The van der Waals surface area contributed by atoms with Crippen LogP contribution in [0.25, 0.3) is 0 Å². The highest BCUT2D eigenvalue weighted by Crippen LogP contribution is 2.19. The molecular weight excluding hydrogens is 238 g/mol. The molecule has 1 heterocycles. The molecule has 19 heavy (non-hydrogen) atoms. The Morgan fingerprint density at radius 1 is 1.37 bits per heavy atom. The molecule has 0 aliphatic carbocycles. The summed E-state index contributed by atoms with van der Waals surface area (Å²) in [5, 5.41) is 3.19. The maximum absolute atomic E-state index is 12.4. The van der Waals surface area contributed by atoms with E-state index < -0.39 is 0 Å². The molecule has 1 atom stereocenters. The summed E-state index contributed by atoms with van der Waals surface area (Å²) in [4.78, 5) is 16.4. The fourth-order valence-corrected chi connectivity index (χ4v) is 2.56. The van der Waals surface area contributed by atoms with Crippen LogP contribution in [-0.2, 0) is 0 Å². The van der Waals surface area contributed by atoms with Gasteiger partial charge in [0, 0.05) is 38.4 Å². The van der Waals surface area contributed by atoms with Crippen LogP contribution in [0.4, 0.5) is 5.69 Å². The van der Waals surface area contributed by atoms with E-state index in [0.717, 1.165) is 37.3 Å². The zero-order valence-electron chi connectivity index (χ0n) is 12.0. The highest BCUT2D eigenvalue weighted by atomic mass is 16.2. The van der Waals surface area contributed by atoms with E-state index in [9.17, 15) is 4.79 Å². The molecule has 0 aromatic heterocycles. The maximum atomic E-state index is 12.4. The summed E-state index contributed by atoms with van der Waals surface area (Å²) in [5.74, 6) is 0.749. The standard InChI is InChI=1S/C15H23N3O/c1-16-10-12-8-9-18(11-12)15(19)13-4-6-14(7-5-13)17(2)3/h4-7,12,16H,8-11H2,1-3H3. The van der Waals surface area contributed by atoms with E-state index in [1.54, 1.807) is 0 Å². The van der Waals surface area contributed by atoms with Crippen LogP contribution in [0.3, 0.4) is 0 Å². The van der Waals surface area contributed by atoms with Gasteiger partial charge in [0.15, 0.2) is 0 Å². The monoisotopic (exact) mass is 261 g/mol. The second-order valence-electron chi connectivity index (χ2n) is 5.40. The summed E-state index contributed by atoms with van der Waals surface area (Å²) < 4.78 is 0. The van der Waals surface area contributed by atoms with Gasteiger partial charge in [-0.1, -0.05) is 0 Å². The summed E-state index contributed by atoms with van der Waals surface area (Å²) >= 11 is 0. The average Bonchev–Trinajstić information content (AvgIpc) is 2.87. The number of likely N-dealkylation sites (tertiary alicyclic amines) is 1. The first-order valence-corrected chi connectivity index (χ1v) is 6.83. The number of carbonyl (C=O) groups excluding carboxylic acids is 1. The number of hydrogen-bond acceptors (Lipinski definition) is 3. The predicted molar refractivity (Wildman–Crippen MR) is 78.7 cm³/mol. The van der Waals surface area contributed by atoms with Crippen molar-refractivity contribution in [1.29, 1.82) is 0 Å². The van der Waals surface area contributed by atoms with Crippen LogP contribution in [0.1, 0.15) is 16.8 Å². The quantitative estimate of drug-likeness (QED) is 0.890. The first-order valence-electron chi connectivity index (χ1n) is 6.83. The molecule has 1 aromatic rings. The Labute approximate surface area is 115 Å². The molecule has 0 spiro atoms. The lowest BCUT2D eigenvalue weighted by Crippen LogP contribution is -2.30. The molecule has 0 saturated carbocycles. The Morgan fingerprint density at radius 3 is 2.63 bits per heavy atom. The number of hydrogen-bond donors (Lipinski definition) is 1. The van der Waals surface area contributed by atoms with Gasteiger partial charge >= 0.3 is 0 Å². The lowest BCUT2D eigenvalue weighted by Gasteiger charge is -2.18. The van der Waals surface area contributed by atoms with Gasteiger partial charge in [0.2, 0.25) is 0 Å². The summed E-state index contributed by atoms with van der Waals surface area (Å²) in [5.41, 5.74) is 1.90. The molecule has 1 N–H and O–H groups in total. The van der Waals surface area contributed by atoms with Crippen molar-refractivity contribution in [3.8, 4) is 0 Å². The molecular formula is C15H23N3O. The fourth-order valence-electron chi connectivity index (χ4n) is 2.56. The SMILES string of the molecule is CNCC1CCN(C(=O)c2ccc(N(C)C)cc2)C1. The Balaban J connectivity index is 2.00. The molecule has 4 nitrogen and oxygen atoms in total. The molecule has 104 valence electrons. The molecule has 1 unspecified atom stereocenters. The number of amides is 1. The number of carbonyl (C=O) groups is 1. The molecule has 0 radical (unpaired) electrons. The Kier molecular flexibility index (Phi) is 4.43. The van der Waals surface area contributed by atoms with Gasteiger partial charge in [0.1, 0.15) is 0 Å².